The van der Waals surface area contributed by atoms with Crippen molar-refractivity contribution in [2.24, 2.45) is 0 Å². The molecule has 1 saturated heterocycles. The van der Waals surface area contributed by atoms with E-state index in [0.29, 0.717) is 16.2 Å². The summed E-state index contributed by atoms with van der Waals surface area (Å²) in [5.41, 5.74) is 2.84. The number of aryl methyl sites for hydroxylation is 1. The van der Waals surface area contributed by atoms with E-state index in [9.17, 15) is 4.79 Å². The van der Waals surface area contributed by atoms with Gasteiger partial charge in [0.1, 0.15) is 10.6 Å². The summed E-state index contributed by atoms with van der Waals surface area (Å²) in [5.74, 6) is 0. The van der Waals surface area contributed by atoms with E-state index >= 15 is 0 Å². The van der Waals surface area contributed by atoms with E-state index in [1.807, 2.05) is 30.5 Å². The van der Waals surface area contributed by atoms with E-state index in [-0.39, 0.29) is 5.63 Å². The van der Waals surface area contributed by atoms with Crippen molar-refractivity contribution in [3.05, 3.63) is 45.8 Å². The van der Waals surface area contributed by atoms with Gasteiger partial charge in [0.2, 0.25) is 0 Å². The number of anilines is 1. The lowest BCUT2D eigenvalue weighted by molar-refractivity contribution is 0.561. The van der Waals surface area contributed by atoms with Crippen LogP contribution in [-0.2, 0) is 0 Å². The highest BCUT2D eigenvalue weighted by atomic mass is 32.1. The molecule has 0 aliphatic carbocycles. The second kappa shape index (κ2) is 5.79. The summed E-state index contributed by atoms with van der Waals surface area (Å²) in [5, 5.41) is 6.91. The molecule has 1 aliphatic rings. The second-order valence-electron chi connectivity index (χ2n) is 5.70. The maximum atomic E-state index is 12.3. The lowest BCUT2D eigenvalue weighted by Crippen LogP contribution is -2.43. The minimum absolute atomic E-state index is 0.329. The molecule has 0 unspecified atom stereocenters. The Hall–Kier alpha value is -2.18. The predicted octanol–water partition coefficient (Wildman–Crippen LogP) is 2.63. The highest BCUT2D eigenvalue weighted by molar-refractivity contribution is 7.13. The molecule has 3 aromatic rings. The minimum Gasteiger partial charge on any atom is -0.422 e. The van der Waals surface area contributed by atoms with Crippen LogP contribution in [0, 0.1) is 6.92 Å². The van der Waals surface area contributed by atoms with Crippen LogP contribution in [0.15, 0.2) is 38.9 Å². The van der Waals surface area contributed by atoms with Crippen molar-refractivity contribution in [2.75, 3.05) is 31.1 Å². The lowest BCUT2D eigenvalue weighted by Gasteiger charge is -2.29. The fourth-order valence-corrected chi connectivity index (χ4v) is 3.65. The van der Waals surface area contributed by atoms with Crippen LogP contribution >= 0.6 is 11.3 Å². The molecule has 3 heterocycles. The number of nitrogens with zero attached hydrogens (tertiary/aromatic N) is 2. The van der Waals surface area contributed by atoms with E-state index in [1.165, 1.54) is 11.3 Å². The van der Waals surface area contributed by atoms with Crippen molar-refractivity contribution in [2.45, 2.75) is 6.92 Å². The zero-order chi connectivity index (χ0) is 15.8. The molecule has 0 saturated carbocycles. The molecular formula is C17H17N3O2S. The fourth-order valence-electron chi connectivity index (χ4n) is 2.85. The average molecular weight is 327 g/mol. The number of rotatable bonds is 2. The van der Waals surface area contributed by atoms with Gasteiger partial charge in [0.25, 0.3) is 0 Å². The standard InChI is InChI=1S/C17H17N3O2S/c1-11-10-23-16(19-11)14-8-12-2-3-13(9-15(12)22-17(14)21)20-6-4-18-5-7-20/h2-3,8-10,18H,4-7H2,1H3. The van der Waals surface area contributed by atoms with Crippen molar-refractivity contribution in [1.29, 1.82) is 0 Å². The predicted molar refractivity (Wildman–Crippen MR) is 93.4 cm³/mol. The van der Waals surface area contributed by atoms with Crippen LogP contribution in [0.3, 0.4) is 0 Å². The molecule has 1 aromatic carbocycles. The number of hydrogen-bond donors (Lipinski definition) is 1. The summed E-state index contributed by atoms with van der Waals surface area (Å²) in [6.45, 7) is 5.80. The van der Waals surface area contributed by atoms with Gasteiger partial charge >= 0.3 is 5.63 Å². The number of piperazine rings is 1. The van der Waals surface area contributed by atoms with E-state index in [4.69, 9.17) is 4.42 Å². The lowest BCUT2D eigenvalue weighted by atomic mass is 10.1. The number of nitrogens with one attached hydrogen (secondary N) is 1. The molecule has 118 valence electrons. The molecule has 4 rings (SSSR count). The second-order valence-corrected chi connectivity index (χ2v) is 6.56. The topological polar surface area (TPSA) is 58.4 Å². The first-order valence-corrected chi connectivity index (χ1v) is 8.55. The molecule has 1 aliphatic heterocycles. The van der Waals surface area contributed by atoms with Crippen LogP contribution < -0.4 is 15.8 Å². The Labute approximate surface area is 137 Å². The minimum atomic E-state index is -0.329. The van der Waals surface area contributed by atoms with E-state index in [0.717, 1.165) is 42.9 Å². The Kier molecular flexibility index (Phi) is 3.63. The number of aromatic nitrogens is 1. The molecule has 0 radical (unpaired) electrons. The van der Waals surface area contributed by atoms with Crippen LogP contribution in [0.5, 0.6) is 0 Å². The van der Waals surface area contributed by atoms with Gasteiger partial charge in [-0.25, -0.2) is 9.78 Å². The first-order valence-electron chi connectivity index (χ1n) is 7.67. The van der Waals surface area contributed by atoms with Gasteiger partial charge < -0.3 is 14.6 Å². The smallest absolute Gasteiger partial charge is 0.346 e. The zero-order valence-electron chi connectivity index (χ0n) is 12.8. The van der Waals surface area contributed by atoms with Gasteiger partial charge in [0, 0.05) is 54.4 Å². The van der Waals surface area contributed by atoms with Gasteiger partial charge in [-0.05, 0) is 25.1 Å². The first-order chi connectivity index (χ1) is 11.2. The Balaban J connectivity index is 1.77. The summed E-state index contributed by atoms with van der Waals surface area (Å²) in [7, 11) is 0. The zero-order valence-corrected chi connectivity index (χ0v) is 13.7. The van der Waals surface area contributed by atoms with E-state index < -0.39 is 0 Å². The quantitative estimate of drug-likeness (QED) is 0.733. The third kappa shape index (κ3) is 2.75. The summed E-state index contributed by atoms with van der Waals surface area (Å²) in [4.78, 5) is 19.0. The molecule has 0 amide bonds. The molecule has 0 bridgehead atoms. The highest BCUT2D eigenvalue weighted by Gasteiger charge is 2.14. The van der Waals surface area contributed by atoms with Crippen LogP contribution in [0.1, 0.15) is 5.69 Å². The molecule has 1 N–H and O–H groups in total. The molecule has 23 heavy (non-hydrogen) atoms. The monoisotopic (exact) mass is 327 g/mol. The highest BCUT2D eigenvalue weighted by Crippen LogP contribution is 2.26. The largest absolute Gasteiger partial charge is 0.422 e. The van der Waals surface area contributed by atoms with Gasteiger partial charge in [-0.3, -0.25) is 0 Å². The molecule has 0 spiro atoms. The average Bonchev–Trinajstić information content (AvgIpc) is 3.01. The molecule has 2 aromatic heterocycles. The van der Waals surface area contributed by atoms with Crippen molar-refractivity contribution in [3.8, 4) is 10.6 Å². The van der Waals surface area contributed by atoms with Crippen LogP contribution in [0.2, 0.25) is 0 Å². The Morgan fingerprint density at radius 1 is 1.26 bits per heavy atom. The van der Waals surface area contributed by atoms with E-state index in [1.54, 1.807) is 0 Å². The summed E-state index contributed by atoms with van der Waals surface area (Å²) in [6, 6.07) is 7.93. The maximum Gasteiger partial charge on any atom is 0.346 e. The number of fused-ring (bicyclic) bond motifs is 1. The van der Waals surface area contributed by atoms with Gasteiger partial charge in [0.15, 0.2) is 0 Å². The molecule has 1 fully saturated rings. The van der Waals surface area contributed by atoms with Gasteiger partial charge in [0.05, 0.1) is 5.56 Å². The van der Waals surface area contributed by atoms with Crippen molar-refractivity contribution >= 4 is 28.0 Å². The van der Waals surface area contributed by atoms with Crippen molar-refractivity contribution in [3.63, 3.8) is 0 Å². The molecule has 6 heteroatoms. The number of hydrogen-bond acceptors (Lipinski definition) is 6. The van der Waals surface area contributed by atoms with Crippen LogP contribution in [0.4, 0.5) is 5.69 Å². The SMILES string of the molecule is Cc1csc(-c2cc3ccc(N4CCNCC4)cc3oc2=O)n1. The van der Waals surface area contributed by atoms with Gasteiger partial charge in [-0.1, -0.05) is 0 Å². The van der Waals surface area contributed by atoms with Gasteiger partial charge in [-0.2, -0.15) is 0 Å². The third-order valence-electron chi connectivity index (χ3n) is 4.05. The van der Waals surface area contributed by atoms with E-state index in [2.05, 4.69) is 21.3 Å². The number of thiazole rings is 1. The normalized spacial score (nSPS) is 15.3. The number of benzene rings is 1. The van der Waals surface area contributed by atoms with Crippen molar-refractivity contribution < 1.29 is 4.42 Å². The summed E-state index contributed by atoms with van der Waals surface area (Å²) < 4.78 is 5.56. The molecule has 0 atom stereocenters. The van der Waals surface area contributed by atoms with Gasteiger partial charge in [-0.15, -0.1) is 11.3 Å². The molecular weight excluding hydrogens is 310 g/mol. The third-order valence-corrected chi connectivity index (χ3v) is 5.04. The molecule has 5 nitrogen and oxygen atoms in total. The Morgan fingerprint density at radius 3 is 2.83 bits per heavy atom. The van der Waals surface area contributed by atoms with Crippen molar-refractivity contribution in [1.82, 2.24) is 10.3 Å². The maximum absolute atomic E-state index is 12.3. The van der Waals surface area contributed by atoms with Crippen LogP contribution in [0.25, 0.3) is 21.5 Å². The summed E-state index contributed by atoms with van der Waals surface area (Å²) in [6.07, 6.45) is 0. The summed E-state index contributed by atoms with van der Waals surface area (Å²) >= 11 is 1.46. The first kappa shape index (κ1) is 14.4. The van der Waals surface area contributed by atoms with Crippen LogP contribution in [-0.4, -0.2) is 31.2 Å². The Bertz CT molecular complexity index is 910. The fraction of sp³-hybridized carbons (Fsp3) is 0.294. The Morgan fingerprint density at radius 2 is 2.09 bits per heavy atom.